The van der Waals surface area contributed by atoms with Crippen LogP contribution >= 0.6 is 0 Å². The number of Topliss-reactive ketones (excluding diaryl/α,β-unsaturated/α-hetero) is 2. The fraction of sp³-hybridized carbons (Fsp3) is 0.682. The Morgan fingerprint density at radius 3 is 2.31 bits per heavy atom. The largest absolute Gasteiger partial charge is 0.379 e. The minimum atomic E-state index is -0.845. The van der Waals surface area contributed by atoms with Crippen molar-refractivity contribution in [2.45, 2.75) is 136 Å². The molecule has 14 heteroatoms. The van der Waals surface area contributed by atoms with Gasteiger partial charge in [0.15, 0.2) is 0 Å². The van der Waals surface area contributed by atoms with E-state index in [0.717, 1.165) is 61.2 Å². The van der Waals surface area contributed by atoms with Crippen LogP contribution in [0.2, 0.25) is 0 Å². The molecule has 58 heavy (non-hydrogen) atoms. The van der Waals surface area contributed by atoms with Gasteiger partial charge in [0.2, 0.25) is 17.7 Å². The van der Waals surface area contributed by atoms with Gasteiger partial charge in [-0.05, 0) is 81.4 Å². The average Bonchev–Trinajstić information content (AvgIpc) is 3.17. The van der Waals surface area contributed by atoms with Crippen molar-refractivity contribution in [3.8, 4) is 0 Å². The molecule has 1 aromatic carbocycles. The molecule has 1 fully saturated rings. The maximum absolute atomic E-state index is 12.7. The minimum Gasteiger partial charge on any atom is -0.379 e. The van der Waals surface area contributed by atoms with Gasteiger partial charge in [-0.25, -0.2) is 0 Å². The summed E-state index contributed by atoms with van der Waals surface area (Å²) >= 11 is 0. The molecule has 14 nitrogen and oxygen atoms in total. The highest BCUT2D eigenvalue weighted by molar-refractivity contribution is 5.92. The highest BCUT2D eigenvalue weighted by atomic mass is 16.5. The highest BCUT2D eigenvalue weighted by Gasteiger charge is 2.29. The van der Waals surface area contributed by atoms with Gasteiger partial charge in [0.25, 0.3) is 0 Å². The zero-order valence-corrected chi connectivity index (χ0v) is 35.6. The van der Waals surface area contributed by atoms with Gasteiger partial charge in [-0.15, -0.1) is 0 Å². The Kier molecular flexibility index (Phi) is 22.5. The Morgan fingerprint density at radius 1 is 0.862 bits per heavy atom. The summed E-state index contributed by atoms with van der Waals surface area (Å²) in [4.78, 5) is 61.6. The first kappa shape index (κ1) is 48.4. The molecule has 0 saturated heterocycles. The molecule has 1 saturated carbocycles. The van der Waals surface area contributed by atoms with Crippen LogP contribution in [0.4, 0.5) is 0 Å². The summed E-state index contributed by atoms with van der Waals surface area (Å²) in [5, 5.41) is 13.4. The molecule has 0 radical (unpaired) electrons. The normalized spacial score (nSPS) is 17.5. The molecule has 0 bridgehead atoms. The van der Waals surface area contributed by atoms with Crippen LogP contribution in [-0.4, -0.2) is 99.3 Å². The summed E-state index contributed by atoms with van der Waals surface area (Å²) in [6.45, 7) is 13.3. The Labute approximate surface area is 345 Å². The van der Waals surface area contributed by atoms with E-state index in [4.69, 9.17) is 19.9 Å². The van der Waals surface area contributed by atoms with Crippen LogP contribution in [-0.2, 0) is 44.6 Å². The number of fused-ring (bicyclic) bond motifs is 1. The van der Waals surface area contributed by atoms with Crippen molar-refractivity contribution in [3.05, 3.63) is 41.0 Å². The number of carbonyl (C=O) groups is 5. The maximum Gasteiger partial charge on any atom is 0.246 e. The monoisotopic (exact) mass is 811 g/mol. The Morgan fingerprint density at radius 2 is 1.60 bits per heavy atom. The second kappa shape index (κ2) is 26.9. The Bertz CT molecular complexity index is 1530. The third-order valence-electron chi connectivity index (χ3n) is 10.5. The molecule has 0 spiro atoms. The van der Waals surface area contributed by atoms with Crippen molar-refractivity contribution in [2.24, 2.45) is 22.7 Å². The number of unbranched alkanes of at least 4 members (excludes halogenated alkanes) is 1. The number of ether oxygens (including phenoxy) is 3. The van der Waals surface area contributed by atoms with Gasteiger partial charge in [-0.2, -0.15) is 5.10 Å². The lowest BCUT2D eigenvalue weighted by Crippen LogP contribution is -2.44. The van der Waals surface area contributed by atoms with E-state index in [1.54, 1.807) is 0 Å². The fourth-order valence-corrected chi connectivity index (χ4v) is 7.01. The van der Waals surface area contributed by atoms with Gasteiger partial charge < -0.3 is 35.9 Å². The fourth-order valence-electron chi connectivity index (χ4n) is 7.01. The first-order valence-corrected chi connectivity index (χ1v) is 21.4. The molecule has 1 heterocycles. The molecule has 1 aliphatic carbocycles. The van der Waals surface area contributed by atoms with Gasteiger partial charge in [0.1, 0.15) is 24.2 Å². The number of hydrazone groups is 1. The number of primary amides is 1. The molecule has 1 aliphatic heterocycles. The molecular formula is C44H70N6O8. The number of ketones is 2. The van der Waals surface area contributed by atoms with Crippen molar-refractivity contribution in [2.75, 3.05) is 46.1 Å². The smallest absolute Gasteiger partial charge is 0.246 e. The second-order valence-electron chi connectivity index (χ2n) is 16.1. The molecule has 324 valence electrons. The zero-order valence-electron chi connectivity index (χ0n) is 35.6. The average molecular weight is 811 g/mol. The second-order valence-corrected chi connectivity index (χ2v) is 16.1. The van der Waals surface area contributed by atoms with Crippen LogP contribution in [0.3, 0.4) is 0 Å². The van der Waals surface area contributed by atoms with Crippen molar-refractivity contribution in [1.29, 1.82) is 0 Å². The Balaban J connectivity index is 1.30. The van der Waals surface area contributed by atoms with Crippen molar-refractivity contribution < 1.29 is 38.2 Å². The molecule has 2 aliphatic rings. The van der Waals surface area contributed by atoms with Crippen LogP contribution in [0.1, 0.15) is 123 Å². The van der Waals surface area contributed by atoms with Crippen LogP contribution in [0, 0.1) is 11.8 Å². The summed E-state index contributed by atoms with van der Waals surface area (Å²) in [6.07, 6.45) is 7.20. The molecule has 1 aromatic rings. The van der Waals surface area contributed by atoms with E-state index in [9.17, 15) is 24.0 Å². The van der Waals surface area contributed by atoms with E-state index in [1.807, 2.05) is 26.0 Å². The third-order valence-corrected chi connectivity index (χ3v) is 10.5. The highest BCUT2D eigenvalue weighted by Crippen LogP contribution is 2.36. The van der Waals surface area contributed by atoms with Gasteiger partial charge in [-0.1, -0.05) is 52.0 Å². The lowest BCUT2D eigenvalue weighted by Gasteiger charge is -2.32. The van der Waals surface area contributed by atoms with Crippen LogP contribution < -0.4 is 27.1 Å². The van der Waals surface area contributed by atoms with Gasteiger partial charge in [0.05, 0.1) is 31.6 Å². The van der Waals surface area contributed by atoms with E-state index in [2.05, 4.69) is 59.4 Å². The van der Waals surface area contributed by atoms with E-state index in [-0.39, 0.29) is 54.9 Å². The lowest BCUT2D eigenvalue weighted by atomic mass is 9.80. The zero-order chi connectivity index (χ0) is 42.3. The number of benzene rings is 1. The number of allylic oxidation sites excluding steroid dienone is 1. The quantitative estimate of drug-likeness (QED) is 0.0750. The number of hydrogen-bond donors (Lipinski definition) is 5. The van der Waals surface area contributed by atoms with Gasteiger partial charge in [0, 0.05) is 69.0 Å². The van der Waals surface area contributed by atoms with Crippen LogP contribution in [0.5, 0.6) is 0 Å². The molecule has 3 amide bonds. The number of hydrogen-bond acceptors (Lipinski definition) is 11. The summed E-state index contributed by atoms with van der Waals surface area (Å²) < 4.78 is 17.1. The summed E-state index contributed by atoms with van der Waals surface area (Å²) in [5.41, 5.74) is 14.3. The van der Waals surface area contributed by atoms with E-state index in [1.165, 1.54) is 5.57 Å². The SMILES string of the molecule is CC1=NNC(c2ccc(CC(=O)C(C)C)cc2)=C2CCC(OCC(=O)NCCCC[C@H](NC(=O)CCC(=O)CCCOCCOCCNC(C)C)C(N)=O)CCCC12. The molecule has 2 unspecified atom stereocenters. The molecular weight excluding hydrogens is 741 g/mol. The number of amides is 3. The van der Waals surface area contributed by atoms with Gasteiger partial charge in [-0.3, -0.25) is 29.4 Å². The molecule has 0 aromatic heterocycles. The van der Waals surface area contributed by atoms with Gasteiger partial charge >= 0.3 is 0 Å². The standard InChI is InChI=1S/C44H70N6O8/c1-30(2)40(52)28-33-14-16-34(17-15-33)43-38-20-19-36(11-8-12-37(38)32(5)49-50-43)58-29-42(54)47-22-7-6-13-39(44(45)55)48-41(53)21-18-35(51)10-9-24-56-26-27-57-25-23-46-31(3)4/h14-17,30-31,36-37,39,46,50H,6-13,18-29H2,1-5H3,(H2,45,55)(H,47,54)(H,48,53)/t36?,37?,39-/m0/s1. The minimum absolute atomic E-state index is 0.00674. The third kappa shape index (κ3) is 18.7. The number of rotatable bonds is 28. The van der Waals surface area contributed by atoms with Crippen LogP contribution in [0.15, 0.2) is 34.9 Å². The lowest BCUT2D eigenvalue weighted by molar-refractivity contribution is -0.129. The van der Waals surface area contributed by atoms with Crippen LogP contribution in [0.25, 0.3) is 5.70 Å². The number of nitrogens with two attached hydrogens (primary N) is 1. The maximum atomic E-state index is 12.7. The molecule has 3 atom stereocenters. The van der Waals surface area contributed by atoms with E-state index >= 15 is 0 Å². The first-order valence-electron chi connectivity index (χ1n) is 21.4. The van der Waals surface area contributed by atoms with Crippen molar-refractivity contribution in [1.82, 2.24) is 21.4 Å². The first-order chi connectivity index (χ1) is 27.8. The summed E-state index contributed by atoms with van der Waals surface area (Å²) in [5.74, 6) is -0.784. The summed E-state index contributed by atoms with van der Waals surface area (Å²) in [7, 11) is 0. The van der Waals surface area contributed by atoms with Crippen molar-refractivity contribution in [3.63, 3.8) is 0 Å². The summed E-state index contributed by atoms with van der Waals surface area (Å²) in [6, 6.07) is 7.74. The number of nitrogens with one attached hydrogen (secondary N) is 4. The Hall–Kier alpha value is -3.98. The number of carbonyl (C=O) groups excluding carboxylic acids is 5. The number of nitrogens with zero attached hydrogens (tertiary/aromatic N) is 1. The van der Waals surface area contributed by atoms with E-state index in [0.29, 0.717) is 77.5 Å². The van der Waals surface area contributed by atoms with E-state index < -0.39 is 17.9 Å². The predicted molar refractivity (Wildman–Crippen MR) is 226 cm³/mol. The topological polar surface area (TPSA) is 200 Å². The molecule has 6 N–H and O–H groups in total. The predicted octanol–water partition coefficient (Wildman–Crippen LogP) is 4.53. The van der Waals surface area contributed by atoms with Crippen molar-refractivity contribution >= 4 is 40.7 Å². The molecule has 3 rings (SSSR count).